The van der Waals surface area contributed by atoms with Crippen molar-refractivity contribution in [3.63, 3.8) is 0 Å². The van der Waals surface area contributed by atoms with Crippen LogP contribution >= 0.6 is 23.2 Å². The zero-order chi connectivity index (χ0) is 34.0. The van der Waals surface area contributed by atoms with E-state index < -0.39 is 0 Å². The van der Waals surface area contributed by atoms with Crippen LogP contribution in [0.2, 0.25) is 10.0 Å². The van der Waals surface area contributed by atoms with Crippen LogP contribution in [-0.4, -0.2) is 63.0 Å². The molecule has 2 aliphatic heterocycles. The van der Waals surface area contributed by atoms with E-state index in [-0.39, 0.29) is 23.2 Å². The van der Waals surface area contributed by atoms with Crippen molar-refractivity contribution < 1.29 is 9.53 Å². The Morgan fingerprint density at radius 1 is 1.04 bits per heavy atom. The SMILES string of the molecule is COc1nc(-c2cccc(-c3cccc(Nc4nc(C)cc5cnn(C)c(=O)c45)c3Cl)c2Cl)cc2c1[C@H](N1CC[C@]3(CNC(=O)N3)C1)CC2. The van der Waals surface area contributed by atoms with E-state index in [1.165, 1.54) is 10.2 Å². The highest BCUT2D eigenvalue weighted by Gasteiger charge is 2.46. The predicted octanol–water partition coefficient (Wildman–Crippen LogP) is 6.17. The maximum absolute atomic E-state index is 13.0. The number of hydrogen-bond donors (Lipinski definition) is 3. The second-order valence-electron chi connectivity index (χ2n) is 13.1. The number of methoxy groups -OCH3 is 1. The van der Waals surface area contributed by atoms with Crippen LogP contribution in [0.3, 0.4) is 0 Å². The van der Waals surface area contributed by atoms with Crippen LogP contribution in [0.4, 0.5) is 16.3 Å². The van der Waals surface area contributed by atoms with Gasteiger partial charge >= 0.3 is 6.03 Å². The fraction of sp³-hybridized carbons (Fsp3) is 0.306. The van der Waals surface area contributed by atoms with Crippen LogP contribution in [0.15, 0.2) is 59.5 Å². The molecule has 5 aromatic rings. The molecule has 0 saturated carbocycles. The minimum absolute atomic E-state index is 0.0947. The molecule has 2 fully saturated rings. The Balaban J connectivity index is 1.13. The van der Waals surface area contributed by atoms with Crippen molar-refractivity contribution in [2.45, 2.75) is 37.8 Å². The van der Waals surface area contributed by atoms with Crippen molar-refractivity contribution in [2.24, 2.45) is 7.05 Å². The number of aryl methyl sites for hydroxylation is 3. The van der Waals surface area contributed by atoms with Crippen molar-refractivity contribution in [3.8, 4) is 28.3 Å². The molecular weight excluding hydrogens is 663 g/mol. The Morgan fingerprint density at radius 3 is 2.59 bits per heavy atom. The van der Waals surface area contributed by atoms with E-state index in [0.717, 1.165) is 66.0 Å². The summed E-state index contributed by atoms with van der Waals surface area (Å²) in [7, 11) is 3.26. The van der Waals surface area contributed by atoms with Gasteiger partial charge in [0.15, 0.2) is 0 Å². The number of nitrogens with zero attached hydrogens (tertiary/aromatic N) is 5. The maximum atomic E-state index is 13.0. The first-order chi connectivity index (χ1) is 23.6. The number of ether oxygens (including phenoxy) is 1. The van der Waals surface area contributed by atoms with E-state index in [4.69, 9.17) is 32.9 Å². The van der Waals surface area contributed by atoms with Gasteiger partial charge in [0.2, 0.25) is 5.88 Å². The van der Waals surface area contributed by atoms with E-state index in [1.54, 1.807) is 20.4 Å². The summed E-state index contributed by atoms with van der Waals surface area (Å²) in [6.07, 6.45) is 4.39. The van der Waals surface area contributed by atoms with Gasteiger partial charge in [-0.2, -0.15) is 5.10 Å². The molecule has 250 valence electrons. The molecule has 2 saturated heterocycles. The molecular formula is C36H34Cl2N8O3. The molecule has 3 aliphatic rings. The summed E-state index contributed by atoms with van der Waals surface area (Å²) in [6.45, 7) is 4.19. The first-order valence-corrected chi connectivity index (χ1v) is 17.0. The number of carbonyl (C=O) groups excluding carboxylic acids is 1. The number of fused-ring (bicyclic) bond motifs is 2. The summed E-state index contributed by atoms with van der Waals surface area (Å²) >= 11 is 14.3. The Bertz CT molecular complexity index is 2240. The minimum Gasteiger partial charge on any atom is -0.481 e. The van der Waals surface area contributed by atoms with Crippen LogP contribution in [0, 0.1) is 6.92 Å². The molecule has 0 radical (unpaired) electrons. The van der Waals surface area contributed by atoms with Crippen LogP contribution in [0.5, 0.6) is 5.88 Å². The second kappa shape index (κ2) is 12.0. The van der Waals surface area contributed by atoms with Gasteiger partial charge in [0.05, 0.1) is 45.7 Å². The topological polar surface area (TPSA) is 126 Å². The Labute approximate surface area is 292 Å². The zero-order valence-corrected chi connectivity index (χ0v) is 28.7. The highest BCUT2D eigenvalue weighted by atomic mass is 35.5. The van der Waals surface area contributed by atoms with Gasteiger partial charge in [-0.3, -0.25) is 9.69 Å². The van der Waals surface area contributed by atoms with Gasteiger partial charge in [0.25, 0.3) is 5.56 Å². The van der Waals surface area contributed by atoms with Gasteiger partial charge in [-0.15, -0.1) is 0 Å². The van der Waals surface area contributed by atoms with Crippen LogP contribution < -0.4 is 26.2 Å². The third-order valence-electron chi connectivity index (χ3n) is 9.99. The minimum atomic E-state index is -0.261. The molecule has 0 bridgehead atoms. The van der Waals surface area contributed by atoms with Gasteiger partial charge < -0.3 is 20.7 Å². The Kier molecular flexibility index (Phi) is 7.73. The average Bonchev–Trinajstić information content (AvgIpc) is 3.81. The number of benzene rings is 2. The Hall–Kier alpha value is -4.71. The molecule has 2 atom stereocenters. The Morgan fingerprint density at radius 2 is 1.82 bits per heavy atom. The summed E-state index contributed by atoms with van der Waals surface area (Å²) < 4.78 is 7.20. The molecule has 0 unspecified atom stereocenters. The van der Waals surface area contributed by atoms with Crippen LogP contribution in [0.25, 0.3) is 33.2 Å². The molecule has 2 aromatic carbocycles. The fourth-order valence-electron chi connectivity index (χ4n) is 7.62. The lowest BCUT2D eigenvalue weighted by Crippen LogP contribution is -2.46. The third kappa shape index (κ3) is 5.36. The maximum Gasteiger partial charge on any atom is 0.315 e. The fourth-order valence-corrected chi connectivity index (χ4v) is 8.22. The smallest absolute Gasteiger partial charge is 0.315 e. The molecule has 2 amide bonds. The van der Waals surface area contributed by atoms with E-state index in [0.29, 0.717) is 44.7 Å². The number of carbonyl (C=O) groups is 1. The largest absolute Gasteiger partial charge is 0.481 e. The van der Waals surface area contributed by atoms with Crippen molar-refractivity contribution in [1.29, 1.82) is 0 Å². The number of likely N-dealkylation sites (tertiary alicyclic amines) is 1. The summed E-state index contributed by atoms with van der Waals surface area (Å²) in [6, 6.07) is 15.5. The molecule has 3 aromatic heterocycles. The van der Waals surface area contributed by atoms with E-state index in [9.17, 15) is 9.59 Å². The van der Waals surface area contributed by atoms with Crippen molar-refractivity contribution in [3.05, 3.63) is 91.9 Å². The first-order valence-electron chi connectivity index (χ1n) is 16.2. The molecule has 3 N–H and O–H groups in total. The van der Waals surface area contributed by atoms with Crippen LogP contribution in [0.1, 0.15) is 35.7 Å². The number of urea groups is 1. The molecule has 5 heterocycles. The van der Waals surface area contributed by atoms with E-state index >= 15 is 0 Å². The van der Waals surface area contributed by atoms with E-state index in [2.05, 4.69) is 37.0 Å². The molecule has 8 rings (SSSR count). The van der Waals surface area contributed by atoms with Crippen LogP contribution in [-0.2, 0) is 13.5 Å². The van der Waals surface area contributed by atoms with E-state index in [1.807, 2.05) is 49.4 Å². The number of aromatic nitrogens is 4. The molecule has 13 heteroatoms. The quantitative estimate of drug-likeness (QED) is 0.193. The normalized spacial score (nSPS) is 20.1. The highest BCUT2D eigenvalue weighted by molar-refractivity contribution is 6.39. The summed E-state index contributed by atoms with van der Waals surface area (Å²) in [5, 5.41) is 15.6. The van der Waals surface area contributed by atoms with Gasteiger partial charge in [-0.25, -0.2) is 19.4 Å². The lowest BCUT2D eigenvalue weighted by atomic mass is 9.99. The molecule has 49 heavy (non-hydrogen) atoms. The molecule has 11 nitrogen and oxygen atoms in total. The first kappa shape index (κ1) is 31.6. The highest BCUT2D eigenvalue weighted by Crippen LogP contribution is 2.47. The third-order valence-corrected chi connectivity index (χ3v) is 10.8. The zero-order valence-electron chi connectivity index (χ0n) is 27.2. The van der Waals surface area contributed by atoms with Gasteiger partial charge in [-0.05, 0) is 49.9 Å². The standard InChI is InChI=1S/C36H34Cl2N8O3/c1-19-14-21-16-40-45(2)34(47)29(21)32(41-19)42-25-9-5-7-23(31(25)38)22-6-4-8-24(30(22)37)26-15-20-10-11-27(28(20)33(43-26)49-3)46-13-12-36(18-46)17-39-35(48)44-36/h4-9,14-16,27H,10-13,17-18H2,1-3H3,(H,41,42)(H2,39,44,48)/t27-,36+/m1/s1. The second-order valence-corrected chi connectivity index (χ2v) is 13.8. The number of hydrogen-bond acceptors (Lipinski definition) is 8. The van der Waals surface area contributed by atoms with Gasteiger partial charge in [0, 0.05) is 66.1 Å². The van der Waals surface area contributed by atoms with Gasteiger partial charge in [0.1, 0.15) is 5.82 Å². The average molecular weight is 698 g/mol. The van der Waals surface area contributed by atoms with Crippen molar-refractivity contribution in [2.75, 3.05) is 32.1 Å². The molecule has 1 spiro atoms. The lowest BCUT2D eigenvalue weighted by molar-refractivity contribution is 0.219. The summed E-state index contributed by atoms with van der Waals surface area (Å²) in [4.78, 5) is 37.0. The number of anilines is 2. The summed E-state index contributed by atoms with van der Waals surface area (Å²) in [5.74, 6) is 0.993. The number of rotatable bonds is 6. The molecule has 1 aliphatic carbocycles. The number of halogens is 2. The number of pyridine rings is 2. The monoisotopic (exact) mass is 696 g/mol. The number of nitrogens with one attached hydrogen (secondary N) is 3. The lowest BCUT2D eigenvalue weighted by Gasteiger charge is -2.28. The van der Waals surface area contributed by atoms with Crippen molar-refractivity contribution in [1.82, 2.24) is 35.3 Å². The van der Waals surface area contributed by atoms with Crippen molar-refractivity contribution >= 4 is 51.5 Å². The predicted molar refractivity (Wildman–Crippen MR) is 191 cm³/mol. The summed E-state index contributed by atoms with van der Waals surface area (Å²) in [5.41, 5.74) is 6.07. The number of amides is 2. The van der Waals surface area contributed by atoms with Gasteiger partial charge in [-0.1, -0.05) is 53.5 Å².